The summed E-state index contributed by atoms with van der Waals surface area (Å²) in [6.45, 7) is 1.28. The van der Waals surface area contributed by atoms with Crippen molar-refractivity contribution in [1.82, 2.24) is 25.8 Å². The molecule has 18 heteroatoms. The second-order valence-corrected chi connectivity index (χ2v) is 12.7. The Morgan fingerprint density at radius 2 is 1.32 bits per heavy atom. The van der Waals surface area contributed by atoms with Crippen LogP contribution in [-0.2, 0) is 49.6 Å². The standard InChI is InChI=1S/C35H45N7O11/c1-21(35(52)53)17-23(36)18-22-8-9-26(43)24(19-22)39-28(45)5-2-14-37-34(51)25(40-29(46)7-4-16-42-32(49)12-13-33(42)50)20-38-27(44)6-3-15-41-30(47)10-11-31(41)48/h8-13,19,21,23,25,43H,2-7,14-18,20,36H2,1H3,(H,37,51)(H,38,44)(H,39,45)(H,40,46)(H,52,53)/t21?,23-,25+/m1/s1. The molecule has 0 aromatic heterocycles. The number of benzene rings is 1. The summed E-state index contributed by atoms with van der Waals surface area (Å²) in [6, 6.07) is 2.86. The van der Waals surface area contributed by atoms with Gasteiger partial charge in [0.05, 0.1) is 11.6 Å². The summed E-state index contributed by atoms with van der Waals surface area (Å²) < 4.78 is 0. The van der Waals surface area contributed by atoms with Crippen LogP contribution in [0.4, 0.5) is 5.69 Å². The Morgan fingerprint density at radius 1 is 0.774 bits per heavy atom. The molecule has 2 aliphatic heterocycles. The van der Waals surface area contributed by atoms with Crippen LogP contribution >= 0.6 is 0 Å². The van der Waals surface area contributed by atoms with Gasteiger partial charge in [-0.25, -0.2) is 0 Å². The normalized spacial score (nSPS) is 15.4. The molecule has 0 saturated heterocycles. The van der Waals surface area contributed by atoms with Crippen molar-refractivity contribution in [1.29, 1.82) is 0 Å². The van der Waals surface area contributed by atoms with Gasteiger partial charge in [0.25, 0.3) is 23.6 Å². The molecule has 8 N–H and O–H groups in total. The smallest absolute Gasteiger partial charge is 0.306 e. The van der Waals surface area contributed by atoms with E-state index >= 15 is 0 Å². The zero-order valence-corrected chi connectivity index (χ0v) is 29.3. The second-order valence-electron chi connectivity index (χ2n) is 12.7. The van der Waals surface area contributed by atoms with E-state index in [1.165, 1.54) is 6.07 Å². The number of carboxylic acid groups (broad SMARTS) is 1. The number of imide groups is 2. The lowest BCUT2D eigenvalue weighted by Crippen LogP contribution is -2.52. The third-order valence-corrected chi connectivity index (χ3v) is 8.32. The average molecular weight is 740 g/mol. The number of hydrogen-bond donors (Lipinski definition) is 7. The van der Waals surface area contributed by atoms with Crippen molar-refractivity contribution >= 4 is 58.9 Å². The molecule has 0 aliphatic carbocycles. The van der Waals surface area contributed by atoms with E-state index < -0.39 is 71.2 Å². The average Bonchev–Trinajstić information content (AvgIpc) is 3.60. The first kappa shape index (κ1) is 41.5. The van der Waals surface area contributed by atoms with Gasteiger partial charge in [0.1, 0.15) is 11.8 Å². The van der Waals surface area contributed by atoms with E-state index in [-0.39, 0.29) is 82.6 Å². The van der Waals surface area contributed by atoms with E-state index in [1.54, 1.807) is 19.1 Å². The van der Waals surface area contributed by atoms with Crippen LogP contribution in [0.1, 0.15) is 57.4 Å². The molecular weight excluding hydrogens is 694 g/mol. The number of nitrogens with zero attached hydrogens (tertiary/aromatic N) is 2. The molecule has 286 valence electrons. The van der Waals surface area contributed by atoms with E-state index in [0.29, 0.717) is 12.0 Å². The summed E-state index contributed by atoms with van der Waals surface area (Å²) >= 11 is 0. The molecule has 3 atom stereocenters. The fraction of sp³-hybridized carbons (Fsp3) is 0.457. The summed E-state index contributed by atoms with van der Waals surface area (Å²) in [4.78, 5) is 111. The fourth-order valence-electron chi connectivity index (χ4n) is 5.43. The topological polar surface area (TPSA) is 275 Å². The van der Waals surface area contributed by atoms with Crippen molar-refractivity contribution in [2.75, 3.05) is 31.5 Å². The van der Waals surface area contributed by atoms with Crippen LogP contribution in [-0.4, -0.2) is 112 Å². The van der Waals surface area contributed by atoms with Crippen molar-refractivity contribution < 1.29 is 53.4 Å². The van der Waals surface area contributed by atoms with Gasteiger partial charge in [-0.3, -0.25) is 53.0 Å². The number of nitrogens with one attached hydrogen (secondary N) is 4. The molecule has 0 bridgehead atoms. The molecule has 8 amide bonds. The Balaban J connectivity index is 1.48. The van der Waals surface area contributed by atoms with Crippen molar-refractivity contribution in [2.24, 2.45) is 11.7 Å². The van der Waals surface area contributed by atoms with Gasteiger partial charge in [0.2, 0.25) is 23.6 Å². The van der Waals surface area contributed by atoms with Crippen molar-refractivity contribution in [3.63, 3.8) is 0 Å². The zero-order valence-electron chi connectivity index (χ0n) is 29.3. The molecule has 3 rings (SSSR count). The molecule has 18 nitrogen and oxygen atoms in total. The van der Waals surface area contributed by atoms with Gasteiger partial charge in [-0.1, -0.05) is 13.0 Å². The number of nitrogens with two attached hydrogens (primary N) is 1. The molecule has 2 aliphatic rings. The lowest BCUT2D eigenvalue weighted by Gasteiger charge is -2.20. The summed E-state index contributed by atoms with van der Waals surface area (Å²) in [6.07, 6.45) is 5.26. The number of aromatic hydroxyl groups is 1. The van der Waals surface area contributed by atoms with Crippen LogP contribution in [0.25, 0.3) is 0 Å². The molecule has 1 unspecified atom stereocenters. The number of amides is 8. The van der Waals surface area contributed by atoms with Crippen LogP contribution in [0.5, 0.6) is 5.75 Å². The minimum absolute atomic E-state index is 0.00697. The van der Waals surface area contributed by atoms with Crippen molar-refractivity contribution in [2.45, 2.75) is 70.4 Å². The number of carbonyl (C=O) groups is 9. The number of anilines is 1. The first-order chi connectivity index (χ1) is 25.1. The fourth-order valence-corrected chi connectivity index (χ4v) is 5.43. The van der Waals surface area contributed by atoms with Gasteiger partial charge in [0, 0.05) is 75.8 Å². The highest BCUT2D eigenvalue weighted by Gasteiger charge is 2.26. The second kappa shape index (κ2) is 20.2. The highest BCUT2D eigenvalue weighted by atomic mass is 16.4. The Hall–Kier alpha value is -5.91. The van der Waals surface area contributed by atoms with Gasteiger partial charge >= 0.3 is 5.97 Å². The molecule has 0 saturated carbocycles. The maximum absolute atomic E-state index is 13.1. The minimum Gasteiger partial charge on any atom is -0.506 e. The number of phenols is 1. The number of hydrogen-bond acceptors (Lipinski definition) is 11. The molecule has 1 aromatic rings. The van der Waals surface area contributed by atoms with Crippen LogP contribution in [0.2, 0.25) is 0 Å². The van der Waals surface area contributed by atoms with E-state index in [2.05, 4.69) is 21.3 Å². The van der Waals surface area contributed by atoms with Gasteiger partial charge in [-0.05, 0) is 49.8 Å². The Morgan fingerprint density at radius 3 is 1.89 bits per heavy atom. The SMILES string of the molecule is CC(C[C@@H](N)Cc1ccc(O)c(NC(=O)CCCNC(=O)[C@H](CNC(=O)CCCN2C(=O)C=CC2=O)NC(=O)CCCN2C(=O)C=CC2=O)c1)C(=O)O. The number of rotatable bonds is 22. The number of carbonyl (C=O) groups excluding carboxylic acids is 8. The Kier molecular flexibility index (Phi) is 15.8. The quantitative estimate of drug-likeness (QED) is 0.0438. The molecule has 0 spiro atoms. The zero-order chi connectivity index (χ0) is 39.1. The first-order valence-corrected chi connectivity index (χ1v) is 17.2. The van der Waals surface area contributed by atoms with Crippen LogP contribution < -0.4 is 27.0 Å². The van der Waals surface area contributed by atoms with E-state index in [0.717, 1.165) is 34.1 Å². The molecule has 0 fully saturated rings. The molecular formula is C35H45N7O11. The molecule has 1 aromatic carbocycles. The summed E-state index contributed by atoms with van der Waals surface area (Å²) in [7, 11) is 0. The Bertz CT molecular complexity index is 1620. The Labute approximate surface area is 305 Å². The van der Waals surface area contributed by atoms with E-state index in [1.807, 2.05) is 0 Å². The molecule has 2 heterocycles. The first-order valence-electron chi connectivity index (χ1n) is 17.2. The molecule has 0 radical (unpaired) electrons. The van der Waals surface area contributed by atoms with Crippen molar-refractivity contribution in [3.05, 3.63) is 48.1 Å². The number of aliphatic carboxylic acids is 1. The van der Waals surface area contributed by atoms with Gasteiger partial charge < -0.3 is 37.2 Å². The summed E-state index contributed by atoms with van der Waals surface area (Å²) in [5, 5.41) is 29.7. The van der Waals surface area contributed by atoms with Crippen LogP contribution in [0.3, 0.4) is 0 Å². The largest absolute Gasteiger partial charge is 0.506 e. The number of carboxylic acids is 1. The van der Waals surface area contributed by atoms with Crippen LogP contribution in [0, 0.1) is 5.92 Å². The lowest BCUT2D eigenvalue weighted by atomic mass is 9.96. The highest BCUT2D eigenvalue weighted by Crippen LogP contribution is 2.25. The van der Waals surface area contributed by atoms with E-state index in [9.17, 15) is 48.3 Å². The van der Waals surface area contributed by atoms with Crippen LogP contribution in [0.15, 0.2) is 42.5 Å². The van der Waals surface area contributed by atoms with Crippen molar-refractivity contribution in [3.8, 4) is 5.75 Å². The predicted molar refractivity (Wildman–Crippen MR) is 187 cm³/mol. The van der Waals surface area contributed by atoms with E-state index in [4.69, 9.17) is 10.8 Å². The third kappa shape index (κ3) is 13.6. The number of phenolic OH excluding ortho intramolecular Hbond substituents is 1. The summed E-state index contributed by atoms with van der Waals surface area (Å²) in [5.74, 6) is -5.92. The molecule has 53 heavy (non-hydrogen) atoms. The monoisotopic (exact) mass is 739 g/mol. The van der Waals surface area contributed by atoms with Gasteiger partial charge in [-0.2, -0.15) is 0 Å². The highest BCUT2D eigenvalue weighted by molar-refractivity contribution is 6.13. The lowest BCUT2D eigenvalue weighted by molar-refractivity contribution is -0.141. The maximum Gasteiger partial charge on any atom is 0.306 e. The third-order valence-electron chi connectivity index (χ3n) is 8.32. The minimum atomic E-state index is -1.23. The van der Waals surface area contributed by atoms with Gasteiger partial charge in [-0.15, -0.1) is 0 Å². The predicted octanol–water partition coefficient (Wildman–Crippen LogP) is -0.781. The summed E-state index contributed by atoms with van der Waals surface area (Å²) in [5.41, 5.74) is 6.90. The maximum atomic E-state index is 13.1. The van der Waals surface area contributed by atoms with Gasteiger partial charge in [0.15, 0.2) is 0 Å².